The van der Waals surface area contributed by atoms with Crippen molar-refractivity contribution in [3.63, 3.8) is 0 Å². The first-order valence-electron chi connectivity index (χ1n) is 6.07. The number of nitrogens with one attached hydrogen (secondary N) is 1. The normalized spacial score (nSPS) is 18.9. The van der Waals surface area contributed by atoms with Crippen LogP contribution in [0.5, 0.6) is 0 Å². The van der Waals surface area contributed by atoms with Crippen molar-refractivity contribution < 1.29 is 4.79 Å². The average molecular weight is 253 g/mol. The minimum Gasteiger partial charge on any atom is -0.336 e. The molecule has 0 radical (unpaired) electrons. The molecule has 0 unspecified atom stereocenters. The van der Waals surface area contributed by atoms with Crippen LogP contribution >= 0.6 is 11.8 Å². The van der Waals surface area contributed by atoms with Gasteiger partial charge >= 0.3 is 6.03 Å². The van der Waals surface area contributed by atoms with Gasteiger partial charge in [0.05, 0.1) is 0 Å². The van der Waals surface area contributed by atoms with Gasteiger partial charge in [-0.2, -0.15) is 11.8 Å². The van der Waals surface area contributed by atoms with Crippen molar-refractivity contribution in [2.45, 2.75) is 36.9 Å². The molecule has 1 saturated carbocycles. The maximum atomic E-state index is 11.8. The molecule has 1 aliphatic carbocycles. The zero-order valence-corrected chi connectivity index (χ0v) is 11.0. The summed E-state index contributed by atoms with van der Waals surface area (Å²) < 4.78 is 1.73. The van der Waals surface area contributed by atoms with E-state index in [1.54, 1.807) is 12.4 Å². The van der Waals surface area contributed by atoms with E-state index in [1.807, 2.05) is 11.8 Å². The molecular formula is C12H19N3OS. The number of rotatable bonds is 3. The third-order valence-corrected chi connectivity index (χ3v) is 4.92. The predicted octanol–water partition coefficient (Wildman–Crippen LogP) is 2.51. The number of thioether (sulfide) groups is 1. The van der Waals surface area contributed by atoms with E-state index in [0.29, 0.717) is 0 Å². The summed E-state index contributed by atoms with van der Waals surface area (Å²) in [6.07, 6.45) is 13.3. The van der Waals surface area contributed by atoms with Gasteiger partial charge in [-0.1, -0.05) is 19.3 Å². The summed E-state index contributed by atoms with van der Waals surface area (Å²) in [6, 6.07) is -0.0819. The minimum absolute atomic E-state index is 0.0819. The highest BCUT2D eigenvalue weighted by molar-refractivity contribution is 8.00. The van der Waals surface area contributed by atoms with Crippen molar-refractivity contribution in [1.82, 2.24) is 14.9 Å². The molecule has 0 aromatic carbocycles. The molecule has 0 saturated heterocycles. The molecule has 4 nitrogen and oxygen atoms in total. The Morgan fingerprint density at radius 2 is 2.24 bits per heavy atom. The Labute approximate surface area is 106 Å². The fourth-order valence-electron chi connectivity index (χ4n) is 2.36. The number of carbonyl (C=O) groups is 1. The standard InChI is InChI=1S/C12H19N3OS/c1-17-12(5-3-2-4-6-12)9-14-11(16)15-8-7-13-10-15/h7-8,10H,2-6,9H2,1H3,(H,14,16). The Kier molecular flexibility index (Phi) is 4.10. The lowest BCUT2D eigenvalue weighted by Gasteiger charge is -2.35. The lowest BCUT2D eigenvalue weighted by molar-refractivity contribution is 0.239. The molecule has 0 spiro atoms. The van der Waals surface area contributed by atoms with E-state index in [9.17, 15) is 4.79 Å². The molecule has 1 aromatic rings. The Balaban J connectivity index is 1.89. The Hall–Kier alpha value is -0.970. The third-order valence-electron chi connectivity index (χ3n) is 3.50. The number of hydrogen-bond acceptors (Lipinski definition) is 3. The number of aromatic nitrogens is 2. The fourth-order valence-corrected chi connectivity index (χ4v) is 3.27. The molecule has 1 amide bonds. The van der Waals surface area contributed by atoms with Gasteiger partial charge in [0.1, 0.15) is 6.33 Å². The largest absolute Gasteiger partial charge is 0.336 e. The van der Waals surface area contributed by atoms with E-state index in [0.717, 1.165) is 6.54 Å². The van der Waals surface area contributed by atoms with E-state index >= 15 is 0 Å². The lowest BCUT2D eigenvalue weighted by Crippen LogP contribution is -2.42. The Morgan fingerprint density at radius 1 is 1.47 bits per heavy atom. The molecule has 0 atom stereocenters. The van der Waals surface area contributed by atoms with Crippen LogP contribution in [-0.2, 0) is 0 Å². The molecule has 5 heteroatoms. The second-order valence-corrected chi connectivity index (χ2v) is 5.85. The molecule has 1 N–H and O–H groups in total. The number of nitrogens with zero attached hydrogens (tertiary/aromatic N) is 2. The van der Waals surface area contributed by atoms with Gasteiger partial charge in [-0.05, 0) is 19.1 Å². The molecule has 0 bridgehead atoms. The topological polar surface area (TPSA) is 46.9 Å². The van der Waals surface area contributed by atoms with Gasteiger partial charge in [0.15, 0.2) is 0 Å². The van der Waals surface area contributed by atoms with Crippen LogP contribution in [0, 0.1) is 0 Å². The summed E-state index contributed by atoms with van der Waals surface area (Å²) in [7, 11) is 0. The van der Waals surface area contributed by atoms with Gasteiger partial charge < -0.3 is 5.32 Å². The number of amides is 1. The van der Waals surface area contributed by atoms with Crippen LogP contribution in [0.3, 0.4) is 0 Å². The molecule has 2 rings (SSSR count). The van der Waals surface area contributed by atoms with Crippen molar-refractivity contribution in [3.05, 3.63) is 18.7 Å². The van der Waals surface area contributed by atoms with E-state index in [2.05, 4.69) is 16.6 Å². The van der Waals surface area contributed by atoms with Crippen LogP contribution in [0.4, 0.5) is 4.79 Å². The lowest BCUT2D eigenvalue weighted by atomic mass is 9.88. The number of carbonyl (C=O) groups excluding carboxylic acids is 1. The fraction of sp³-hybridized carbons (Fsp3) is 0.667. The van der Waals surface area contributed by atoms with Gasteiger partial charge in [0.2, 0.25) is 0 Å². The van der Waals surface area contributed by atoms with E-state index < -0.39 is 0 Å². The summed E-state index contributed by atoms with van der Waals surface area (Å²) in [5, 5.41) is 3.01. The molecule has 1 aliphatic rings. The number of imidazole rings is 1. The van der Waals surface area contributed by atoms with E-state index in [1.165, 1.54) is 43.0 Å². The molecule has 94 valence electrons. The van der Waals surface area contributed by atoms with Gasteiger partial charge in [-0.3, -0.25) is 4.57 Å². The highest BCUT2D eigenvalue weighted by Gasteiger charge is 2.31. The van der Waals surface area contributed by atoms with Crippen molar-refractivity contribution in [1.29, 1.82) is 0 Å². The smallest absolute Gasteiger partial charge is 0.326 e. The first-order valence-corrected chi connectivity index (χ1v) is 7.30. The van der Waals surface area contributed by atoms with Crippen LogP contribution in [0.2, 0.25) is 0 Å². The summed E-state index contributed by atoms with van der Waals surface area (Å²) in [5.41, 5.74) is 0. The van der Waals surface area contributed by atoms with Gasteiger partial charge in [-0.15, -0.1) is 0 Å². The monoisotopic (exact) mass is 253 g/mol. The zero-order valence-electron chi connectivity index (χ0n) is 10.2. The summed E-state index contributed by atoms with van der Waals surface area (Å²) in [6.45, 7) is 0.755. The Morgan fingerprint density at radius 3 is 2.82 bits per heavy atom. The van der Waals surface area contributed by atoms with Crippen LogP contribution in [-0.4, -0.2) is 33.1 Å². The van der Waals surface area contributed by atoms with Crippen LogP contribution in [0.25, 0.3) is 0 Å². The van der Waals surface area contributed by atoms with E-state index in [-0.39, 0.29) is 10.8 Å². The molecule has 0 aliphatic heterocycles. The van der Waals surface area contributed by atoms with Crippen molar-refractivity contribution in [3.8, 4) is 0 Å². The number of hydrogen-bond donors (Lipinski definition) is 1. The SMILES string of the molecule is CSC1(CNC(=O)n2ccnc2)CCCCC1. The minimum atomic E-state index is -0.0819. The average Bonchev–Trinajstić information content (AvgIpc) is 2.91. The predicted molar refractivity (Wildman–Crippen MR) is 70.4 cm³/mol. The van der Waals surface area contributed by atoms with Gasteiger partial charge in [0.25, 0.3) is 0 Å². The highest BCUT2D eigenvalue weighted by atomic mass is 32.2. The first-order chi connectivity index (χ1) is 8.26. The summed E-state index contributed by atoms with van der Waals surface area (Å²) in [4.78, 5) is 15.7. The molecule has 17 heavy (non-hydrogen) atoms. The summed E-state index contributed by atoms with van der Waals surface area (Å²) >= 11 is 1.89. The second-order valence-electron chi connectivity index (χ2n) is 4.58. The third kappa shape index (κ3) is 3.03. The molecule has 1 aromatic heterocycles. The van der Waals surface area contributed by atoms with Crippen LogP contribution < -0.4 is 5.32 Å². The van der Waals surface area contributed by atoms with E-state index in [4.69, 9.17) is 0 Å². The zero-order chi connectivity index (χ0) is 12.1. The quantitative estimate of drug-likeness (QED) is 0.900. The molecule has 1 fully saturated rings. The van der Waals surface area contributed by atoms with Crippen molar-refractivity contribution in [2.24, 2.45) is 0 Å². The van der Waals surface area contributed by atoms with Gasteiger partial charge in [-0.25, -0.2) is 9.78 Å². The van der Waals surface area contributed by atoms with Crippen molar-refractivity contribution >= 4 is 17.8 Å². The Bertz CT molecular complexity index is 358. The highest BCUT2D eigenvalue weighted by Crippen LogP contribution is 2.37. The maximum absolute atomic E-state index is 11.8. The van der Waals surface area contributed by atoms with Crippen LogP contribution in [0.1, 0.15) is 32.1 Å². The molecule has 1 heterocycles. The summed E-state index contributed by atoms with van der Waals surface area (Å²) in [5.74, 6) is 0. The maximum Gasteiger partial charge on any atom is 0.326 e. The second kappa shape index (κ2) is 5.58. The molecular weight excluding hydrogens is 234 g/mol. The van der Waals surface area contributed by atoms with Crippen LogP contribution in [0.15, 0.2) is 18.7 Å². The first kappa shape index (κ1) is 12.5. The van der Waals surface area contributed by atoms with Gasteiger partial charge in [0, 0.05) is 23.7 Å². The van der Waals surface area contributed by atoms with Crippen molar-refractivity contribution in [2.75, 3.05) is 12.8 Å².